The van der Waals surface area contributed by atoms with Crippen LogP contribution in [0.4, 0.5) is 0 Å². The number of ether oxygens (including phenoxy) is 2. The first-order valence-corrected chi connectivity index (χ1v) is 13.3. The highest BCUT2D eigenvalue weighted by molar-refractivity contribution is 8.33. The lowest BCUT2D eigenvalue weighted by Crippen LogP contribution is -2.05. The van der Waals surface area contributed by atoms with Crippen molar-refractivity contribution in [3.63, 3.8) is 0 Å². The van der Waals surface area contributed by atoms with Crippen molar-refractivity contribution in [1.82, 2.24) is 0 Å². The third-order valence-electron chi connectivity index (χ3n) is 4.10. The summed E-state index contributed by atoms with van der Waals surface area (Å²) in [6.45, 7) is 7.37. The second-order valence-electron chi connectivity index (χ2n) is 6.68. The van der Waals surface area contributed by atoms with Gasteiger partial charge in [-0.2, -0.15) is 0 Å². The van der Waals surface area contributed by atoms with Gasteiger partial charge in [-0.25, -0.2) is 4.79 Å². The molecule has 3 nitrogen and oxygen atoms in total. The zero-order chi connectivity index (χ0) is 20.0. The van der Waals surface area contributed by atoms with Gasteiger partial charge >= 0.3 is 5.97 Å². The molecule has 2 aliphatic rings. The molecule has 156 valence electrons. The highest BCUT2D eigenvalue weighted by Gasteiger charge is 2.18. The molecule has 0 aliphatic carbocycles. The first kappa shape index (κ1) is 24.1. The molecule has 2 heterocycles. The molecule has 0 fully saturated rings. The maximum atomic E-state index is 11.2. The van der Waals surface area contributed by atoms with Gasteiger partial charge in [0.05, 0.1) is 21.7 Å². The quantitative estimate of drug-likeness (QED) is 0.150. The molecule has 0 aromatic carbocycles. The molecule has 7 heteroatoms. The van der Waals surface area contributed by atoms with Crippen molar-refractivity contribution in [3.05, 3.63) is 41.8 Å². The summed E-state index contributed by atoms with van der Waals surface area (Å²) in [6, 6.07) is 0. The molecule has 0 aromatic rings. The Kier molecular flexibility index (Phi) is 12.7. The molecule has 0 radical (unpaired) electrons. The topological polar surface area (TPSA) is 35.5 Å². The van der Waals surface area contributed by atoms with E-state index >= 15 is 0 Å². The number of thioether (sulfide) groups is 4. The van der Waals surface area contributed by atoms with E-state index in [0.29, 0.717) is 12.2 Å². The summed E-state index contributed by atoms with van der Waals surface area (Å²) in [5.74, 6) is -0.273. The minimum Gasteiger partial charge on any atom is -0.462 e. The molecule has 0 aromatic heterocycles. The Balaban J connectivity index is 1.33. The third-order valence-corrected chi connectivity index (χ3v) is 9.15. The average molecular weight is 459 g/mol. The minimum atomic E-state index is -0.273. The van der Waals surface area contributed by atoms with Crippen LogP contribution in [-0.4, -0.2) is 25.8 Å². The summed E-state index contributed by atoms with van der Waals surface area (Å²) in [4.78, 5) is 12.6. The monoisotopic (exact) mass is 458 g/mol. The molecule has 0 atom stereocenters. The van der Waals surface area contributed by atoms with Crippen molar-refractivity contribution in [3.8, 4) is 0 Å². The van der Waals surface area contributed by atoms with Crippen molar-refractivity contribution >= 4 is 53.0 Å². The van der Waals surface area contributed by atoms with Crippen LogP contribution in [0.1, 0.15) is 58.3 Å². The van der Waals surface area contributed by atoms with E-state index in [-0.39, 0.29) is 5.97 Å². The van der Waals surface area contributed by atoms with Crippen molar-refractivity contribution in [2.75, 3.05) is 19.8 Å². The molecule has 0 N–H and O–H groups in total. The van der Waals surface area contributed by atoms with E-state index in [4.69, 9.17) is 9.47 Å². The van der Waals surface area contributed by atoms with Gasteiger partial charge in [-0.3, -0.25) is 0 Å². The van der Waals surface area contributed by atoms with E-state index in [2.05, 4.69) is 22.8 Å². The summed E-state index contributed by atoms with van der Waals surface area (Å²) in [6.07, 6.45) is 9.50. The second kappa shape index (κ2) is 14.7. The molecular weight excluding hydrogens is 428 g/mol. The third kappa shape index (κ3) is 10.0. The van der Waals surface area contributed by atoms with Crippen LogP contribution < -0.4 is 0 Å². The molecule has 0 saturated heterocycles. The van der Waals surface area contributed by atoms with E-state index in [1.807, 2.05) is 47.0 Å². The Morgan fingerprint density at radius 1 is 0.893 bits per heavy atom. The van der Waals surface area contributed by atoms with Crippen LogP contribution in [0.3, 0.4) is 0 Å². The minimum absolute atomic E-state index is 0.273. The molecule has 28 heavy (non-hydrogen) atoms. The van der Waals surface area contributed by atoms with Gasteiger partial charge in [-0.05, 0) is 36.0 Å². The summed E-state index contributed by atoms with van der Waals surface area (Å²) in [7, 11) is 0. The Hall–Kier alpha value is -0.210. The van der Waals surface area contributed by atoms with E-state index in [1.165, 1.54) is 45.5 Å². The Labute approximate surface area is 186 Å². The second-order valence-corrected chi connectivity index (χ2v) is 11.0. The van der Waals surface area contributed by atoms with Crippen LogP contribution in [0.5, 0.6) is 0 Å². The number of hydrogen-bond donors (Lipinski definition) is 0. The maximum absolute atomic E-state index is 11.2. The molecule has 2 rings (SSSR count). The van der Waals surface area contributed by atoms with Crippen LogP contribution in [0, 0.1) is 0 Å². The lowest BCUT2D eigenvalue weighted by atomic mass is 10.1. The number of carbonyl (C=O) groups excluding carboxylic acids is 1. The van der Waals surface area contributed by atoms with Gasteiger partial charge in [0.2, 0.25) is 0 Å². The number of carbonyl (C=O) groups is 1. The first-order valence-electron chi connectivity index (χ1n) is 9.83. The van der Waals surface area contributed by atoms with Crippen LogP contribution in [0.25, 0.3) is 0 Å². The molecule has 0 bridgehead atoms. The van der Waals surface area contributed by atoms with Crippen molar-refractivity contribution in [2.45, 2.75) is 58.3 Å². The van der Waals surface area contributed by atoms with Gasteiger partial charge < -0.3 is 9.47 Å². The van der Waals surface area contributed by atoms with Crippen LogP contribution >= 0.6 is 47.0 Å². The maximum Gasteiger partial charge on any atom is 0.333 e. The summed E-state index contributed by atoms with van der Waals surface area (Å²) in [5, 5.41) is 6.51. The average Bonchev–Trinajstić information content (AvgIpc) is 3.36. The lowest BCUT2D eigenvalue weighted by Gasteiger charge is -2.06. The van der Waals surface area contributed by atoms with Gasteiger partial charge in [-0.15, -0.1) is 0 Å². The highest BCUT2D eigenvalue weighted by Crippen LogP contribution is 2.53. The highest BCUT2D eigenvalue weighted by atomic mass is 32.2. The zero-order valence-electron chi connectivity index (χ0n) is 16.6. The number of esters is 1. The molecule has 0 spiro atoms. The number of hydrogen-bond acceptors (Lipinski definition) is 7. The standard InChI is InChI=1S/C21H30O3S4/c1-17(2)19(22)24-12-10-8-6-4-3-5-7-9-11-23-15-18-16-27-21(28-18)20-25-13-14-26-20/h13-14,16H,1,3-12,15H2,2H3. The molecule has 2 aliphatic heterocycles. The fourth-order valence-corrected chi connectivity index (χ4v) is 6.99. The van der Waals surface area contributed by atoms with Gasteiger partial charge in [0.1, 0.15) is 0 Å². The molecule has 0 amide bonds. The Morgan fingerprint density at radius 3 is 2.14 bits per heavy atom. The predicted molar refractivity (Wildman–Crippen MR) is 128 cm³/mol. The van der Waals surface area contributed by atoms with E-state index in [1.54, 1.807) is 6.92 Å². The normalized spacial score (nSPS) is 16.0. The predicted octanol–water partition coefficient (Wildman–Crippen LogP) is 7.64. The SMILES string of the molecule is C=C(C)C(=O)OCCCCCCCCCCOCC1=CSC(=C2SC=CS2)S1. The van der Waals surface area contributed by atoms with Gasteiger partial charge in [0, 0.05) is 17.1 Å². The van der Waals surface area contributed by atoms with Crippen LogP contribution in [0.15, 0.2) is 41.8 Å². The first-order chi connectivity index (χ1) is 13.7. The molecule has 0 saturated carbocycles. The zero-order valence-corrected chi connectivity index (χ0v) is 19.8. The van der Waals surface area contributed by atoms with Crippen molar-refractivity contribution in [2.24, 2.45) is 0 Å². The van der Waals surface area contributed by atoms with Gasteiger partial charge in [0.15, 0.2) is 0 Å². The van der Waals surface area contributed by atoms with Crippen LogP contribution in [0.2, 0.25) is 0 Å². The number of unbranched alkanes of at least 4 members (excludes halogenated alkanes) is 7. The van der Waals surface area contributed by atoms with Crippen molar-refractivity contribution < 1.29 is 14.3 Å². The lowest BCUT2D eigenvalue weighted by molar-refractivity contribution is -0.139. The molecule has 0 unspecified atom stereocenters. The van der Waals surface area contributed by atoms with E-state index < -0.39 is 0 Å². The summed E-state index contributed by atoms with van der Waals surface area (Å²) >= 11 is 7.31. The van der Waals surface area contributed by atoms with E-state index in [9.17, 15) is 4.79 Å². The Bertz CT molecular complexity index is 601. The largest absolute Gasteiger partial charge is 0.462 e. The molecular formula is C21H30O3S4. The van der Waals surface area contributed by atoms with Gasteiger partial charge in [-0.1, -0.05) is 92.2 Å². The van der Waals surface area contributed by atoms with E-state index in [0.717, 1.165) is 32.5 Å². The van der Waals surface area contributed by atoms with Crippen LogP contribution in [-0.2, 0) is 14.3 Å². The fraction of sp³-hybridized carbons (Fsp3) is 0.571. The number of rotatable bonds is 14. The summed E-state index contributed by atoms with van der Waals surface area (Å²) < 4.78 is 13.7. The van der Waals surface area contributed by atoms with Gasteiger partial charge in [0.25, 0.3) is 0 Å². The smallest absolute Gasteiger partial charge is 0.333 e. The summed E-state index contributed by atoms with van der Waals surface area (Å²) in [5.41, 5.74) is 0.475. The van der Waals surface area contributed by atoms with Crippen molar-refractivity contribution in [1.29, 1.82) is 0 Å². The fourth-order valence-electron chi connectivity index (χ4n) is 2.57. The Morgan fingerprint density at radius 2 is 1.50 bits per heavy atom.